The van der Waals surface area contributed by atoms with Crippen LogP contribution in [0.15, 0.2) is 48.5 Å². The minimum absolute atomic E-state index is 0.0590. The Morgan fingerprint density at radius 3 is 2.50 bits per heavy atom. The van der Waals surface area contributed by atoms with E-state index < -0.39 is 0 Å². The number of amides is 1. The molecule has 1 fully saturated rings. The van der Waals surface area contributed by atoms with Crippen molar-refractivity contribution in [3.8, 4) is 0 Å². The highest BCUT2D eigenvalue weighted by atomic mass is 19.1. The molecular formula is C21H24F2N2O. The normalized spacial score (nSPS) is 19.4. The molecule has 1 aliphatic rings. The summed E-state index contributed by atoms with van der Waals surface area (Å²) in [6.07, 6.45) is 0.565. The zero-order valence-corrected chi connectivity index (χ0v) is 15.2. The number of likely N-dealkylation sites (N-methyl/N-ethyl adjacent to an activating group) is 1. The SMILES string of the molecule is CC(Cc1ccc(F)cc1)C(=O)N1CCN(C)C(c2ccccc2F)C1. The molecule has 0 aliphatic carbocycles. The summed E-state index contributed by atoms with van der Waals surface area (Å²) in [6.45, 7) is 3.70. The van der Waals surface area contributed by atoms with Crippen molar-refractivity contribution in [3.63, 3.8) is 0 Å². The van der Waals surface area contributed by atoms with Gasteiger partial charge in [-0.25, -0.2) is 8.78 Å². The summed E-state index contributed by atoms with van der Waals surface area (Å²) < 4.78 is 27.2. The zero-order valence-electron chi connectivity index (χ0n) is 15.2. The van der Waals surface area contributed by atoms with Gasteiger partial charge in [0.05, 0.1) is 6.04 Å². The third kappa shape index (κ3) is 4.10. The second-order valence-corrected chi connectivity index (χ2v) is 7.03. The van der Waals surface area contributed by atoms with Crippen LogP contribution in [0.25, 0.3) is 0 Å². The Balaban J connectivity index is 1.69. The number of nitrogens with zero attached hydrogens (tertiary/aromatic N) is 2. The topological polar surface area (TPSA) is 23.6 Å². The molecule has 0 aromatic heterocycles. The number of piperazine rings is 1. The van der Waals surface area contributed by atoms with Gasteiger partial charge in [0.25, 0.3) is 0 Å². The molecule has 1 heterocycles. The Labute approximate surface area is 153 Å². The van der Waals surface area contributed by atoms with E-state index in [1.807, 2.05) is 24.9 Å². The van der Waals surface area contributed by atoms with E-state index in [-0.39, 0.29) is 29.5 Å². The van der Waals surface area contributed by atoms with E-state index >= 15 is 0 Å². The van der Waals surface area contributed by atoms with E-state index in [0.717, 1.165) is 5.56 Å². The minimum atomic E-state index is -0.278. The highest BCUT2D eigenvalue weighted by molar-refractivity contribution is 5.79. The lowest BCUT2D eigenvalue weighted by atomic mass is 9.97. The van der Waals surface area contributed by atoms with Crippen molar-refractivity contribution in [2.24, 2.45) is 5.92 Å². The van der Waals surface area contributed by atoms with Crippen LogP contribution in [0.3, 0.4) is 0 Å². The fourth-order valence-corrected chi connectivity index (χ4v) is 3.53. The number of carbonyl (C=O) groups is 1. The van der Waals surface area contributed by atoms with Crippen LogP contribution in [-0.2, 0) is 11.2 Å². The summed E-state index contributed by atoms with van der Waals surface area (Å²) in [5.41, 5.74) is 1.56. The summed E-state index contributed by atoms with van der Waals surface area (Å²) >= 11 is 0. The van der Waals surface area contributed by atoms with E-state index in [1.54, 1.807) is 24.3 Å². The first-order valence-electron chi connectivity index (χ1n) is 8.93. The van der Waals surface area contributed by atoms with Gasteiger partial charge in [-0.1, -0.05) is 37.3 Å². The molecule has 1 amide bonds. The smallest absolute Gasteiger partial charge is 0.225 e. The maximum absolute atomic E-state index is 14.2. The molecule has 2 unspecified atom stereocenters. The summed E-state index contributed by atoms with van der Waals surface area (Å²) in [4.78, 5) is 16.8. The van der Waals surface area contributed by atoms with Crippen molar-refractivity contribution in [1.29, 1.82) is 0 Å². The van der Waals surface area contributed by atoms with E-state index in [0.29, 0.717) is 31.6 Å². The zero-order chi connectivity index (χ0) is 18.7. The lowest BCUT2D eigenvalue weighted by Crippen LogP contribution is -2.50. The molecule has 2 aromatic rings. The second-order valence-electron chi connectivity index (χ2n) is 7.03. The van der Waals surface area contributed by atoms with E-state index in [9.17, 15) is 13.6 Å². The number of benzene rings is 2. The molecule has 2 atom stereocenters. The Morgan fingerprint density at radius 1 is 1.12 bits per heavy atom. The monoisotopic (exact) mass is 358 g/mol. The molecule has 0 bridgehead atoms. The maximum Gasteiger partial charge on any atom is 0.225 e. The molecule has 3 nitrogen and oxygen atoms in total. The summed E-state index contributed by atoms with van der Waals surface area (Å²) in [7, 11) is 1.96. The van der Waals surface area contributed by atoms with Crippen molar-refractivity contribution in [2.75, 3.05) is 26.7 Å². The van der Waals surface area contributed by atoms with Crippen LogP contribution in [0.4, 0.5) is 8.78 Å². The highest BCUT2D eigenvalue weighted by Crippen LogP contribution is 2.27. The molecular weight excluding hydrogens is 334 g/mol. The number of rotatable bonds is 4. The number of carbonyl (C=O) groups excluding carboxylic acids is 1. The van der Waals surface area contributed by atoms with Gasteiger partial charge in [0.1, 0.15) is 11.6 Å². The molecule has 0 N–H and O–H groups in total. The standard InChI is InChI=1S/C21H24F2N2O/c1-15(13-16-7-9-17(22)10-8-16)21(26)25-12-11-24(2)20(14-25)18-5-3-4-6-19(18)23/h3-10,15,20H,11-14H2,1-2H3. The molecule has 0 spiro atoms. The predicted molar refractivity (Wildman–Crippen MR) is 97.6 cm³/mol. The lowest BCUT2D eigenvalue weighted by Gasteiger charge is -2.40. The van der Waals surface area contributed by atoms with Gasteiger partial charge in [0, 0.05) is 31.1 Å². The molecule has 2 aromatic carbocycles. The fraction of sp³-hybridized carbons (Fsp3) is 0.381. The number of hydrogen-bond donors (Lipinski definition) is 0. The quantitative estimate of drug-likeness (QED) is 0.833. The minimum Gasteiger partial charge on any atom is -0.339 e. The first-order chi connectivity index (χ1) is 12.5. The number of halogens is 2. The van der Waals surface area contributed by atoms with Crippen molar-refractivity contribution in [2.45, 2.75) is 19.4 Å². The average Bonchev–Trinajstić information content (AvgIpc) is 2.64. The van der Waals surface area contributed by atoms with Crippen molar-refractivity contribution < 1.29 is 13.6 Å². The summed E-state index contributed by atoms with van der Waals surface area (Å²) in [5.74, 6) is -0.661. The Morgan fingerprint density at radius 2 is 1.81 bits per heavy atom. The Bertz CT molecular complexity index is 763. The number of hydrogen-bond acceptors (Lipinski definition) is 2. The Hall–Kier alpha value is -2.27. The van der Waals surface area contributed by atoms with Crippen molar-refractivity contribution >= 4 is 5.91 Å². The summed E-state index contributed by atoms with van der Waals surface area (Å²) in [5, 5.41) is 0. The van der Waals surface area contributed by atoms with E-state index in [2.05, 4.69) is 4.90 Å². The highest BCUT2D eigenvalue weighted by Gasteiger charge is 2.31. The third-order valence-corrected chi connectivity index (χ3v) is 5.10. The van der Waals surface area contributed by atoms with Gasteiger partial charge in [0.15, 0.2) is 0 Å². The first kappa shape index (κ1) is 18.5. The van der Waals surface area contributed by atoms with Gasteiger partial charge >= 0.3 is 0 Å². The van der Waals surface area contributed by atoms with Crippen LogP contribution in [0.1, 0.15) is 24.1 Å². The van der Waals surface area contributed by atoms with Crippen LogP contribution >= 0.6 is 0 Å². The van der Waals surface area contributed by atoms with Gasteiger partial charge in [-0.15, -0.1) is 0 Å². The van der Waals surface area contributed by atoms with Crippen LogP contribution in [-0.4, -0.2) is 42.4 Å². The van der Waals surface area contributed by atoms with Crippen LogP contribution in [0.5, 0.6) is 0 Å². The molecule has 26 heavy (non-hydrogen) atoms. The van der Waals surface area contributed by atoms with Gasteiger partial charge in [-0.3, -0.25) is 9.69 Å². The van der Waals surface area contributed by atoms with Crippen molar-refractivity contribution in [3.05, 3.63) is 71.3 Å². The molecule has 5 heteroatoms. The largest absolute Gasteiger partial charge is 0.339 e. The average molecular weight is 358 g/mol. The van der Waals surface area contributed by atoms with Crippen LogP contribution in [0, 0.1) is 17.6 Å². The molecule has 0 radical (unpaired) electrons. The van der Waals surface area contributed by atoms with Gasteiger partial charge < -0.3 is 4.90 Å². The molecule has 1 saturated heterocycles. The van der Waals surface area contributed by atoms with Gasteiger partial charge in [-0.2, -0.15) is 0 Å². The molecule has 3 rings (SSSR count). The summed E-state index contributed by atoms with van der Waals surface area (Å²) in [6, 6.07) is 12.9. The van der Waals surface area contributed by atoms with Crippen LogP contribution < -0.4 is 0 Å². The van der Waals surface area contributed by atoms with E-state index in [1.165, 1.54) is 18.2 Å². The maximum atomic E-state index is 14.2. The fourth-order valence-electron chi connectivity index (χ4n) is 3.53. The molecule has 0 saturated carbocycles. The predicted octanol–water partition coefficient (Wildman–Crippen LogP) is 3.66. The van der Waals surface area contributed by atoms with E-state index in [4.69, 9.17) is 0 Å². The Kier molecular flexibility index (Phi) is 5.67. The molecule has 1 aliphatic heterocycles. The lowest BCUT2D eigenvalue weighted by molar-refractivity contribution is -0.137. The second kappa shape index (κ2) is 7.96. The third-order valence-electron chi connectivity index (χ3n) is 5.10. The van der Waals surface area contributed by atoms with Crippen LogP contribution in [0.2, 0.25) is 0 Å². The molecule has 138 valence electrons. The van der Waals surface area contributed by atoms with Crippen molar-refractivity contribution in [1.82, 2.24) is 9.80 Å². The first-order valence-corrected chi connectivity index (χ1v) is 8.93. The van der Waals surface area contributed by atoms with Gasteiger partial charge in [0.2, 0.25) is 5.91 Å². The van der Waals surface area contributed by atoms with Gasteiger partial charge in [-0.05, 0) is 37.2 Å².